The third-order valence-electron chi connectivity index (χ3n) is 4.16. The second-order valence-electron chi connectivity index (χ2n) is 5.40. The van der Waals surface area contributed by atoms with Gasteiger partial charge >= 0.3 is 0 Å². The predicted octanol–water partition coefficient (Wildman–Crippen LogP) is 2.38. The third-order valence-corrected chi connectivity index (χ3v) is 4.16. The first-order valence-electron chi connectivity index (χ1n) is 6.63. The van der Waals surface area contributed by atoms with Crippen molar-refractivity contribution in [3.63, 3.8) is 0 Å². The lowest BCUT2D eigenvalue weighted by atomic mass is 9.85. The Morgan fingerprint density at radius 1 is 1.28 bits per heavy atom. The molecule has 1 N–H and O–H groups in total. The van der Waals surface area contributed by atoms with Crippen molar-refractivity contribution in [2.75, 3.05) is 0 Å². The molecular formula is C16H17NO. The number of fused-ring (bicyclic) bond motifs is 2. The Balaban J connectivity index is 1.80. The Kier molecular flexibility index (Phi) is 2.93. The van der Waals surface area contributed by atoms with E-state index in [9.17, 15) is 4.79 Å². The number of terminal acetylenes is 1. The predicted molar refractivity (Wildman–Crippen MR) is 71.4 cm³/mol. The molecule has 2 unspecified atom stereocenters. The molecule has 2 heteroatoms. The summed E-state index contributed by atoms with van der Waals surface area (Å²) < 4.78 is 0. The van der Waals surface area contributed by atoms with Crippen molar-refractivity contribution in [3.8, 4) is 12.3 Å². The average molecular weight is 239 g/mol. The summed E-state index contributed by atoms with van der Waals surface area (Å²) in [4.78, 5) is 12.5. The zero-order valence-corrected chi connectivity index (χ0v) is 10.4. The number of hydrogen-bond donors (Lipinski definition) is 1. The number of rotatable bonds is 2. The van der Waals surface area contributed by atoms with E-state index in [1.54, 1.807) is 0 Å². The number of piperidine rings is 1. The smallest absolute Gasteiger partial charge is 0.166 e. The van der Waals surface area contributed by atoms with Crippen molar-refractivity contribution < 1.29 is 4.79 Å². The molecule has 2 nitrogen and oxygen atoms in total. The molecule has 2 fully saturated rings. The summed E-state index contributed by atoms with van der Waals surface area (Å²) in [7, 11) is 0. The zero-order chi connectivity index (χ0) is 12.5. The number of carbonyl (C=O) groups is 1. The number of hydrogen-bond acceptors (Lipinski definition) is 2. The van der Waals surface area contributed by atoms with Crippen molar-refractivity contribution >= 4 is 5.78 Å². The van der Waals surface area contributed by atoms with Crippen molar-refractivity contribution in [1.82, 2.24) is 5.32 Å². The van der Waals surface area contributed by atoms with E-state index in [0.29, 0.717) is 12.1 Å². The highest BCUT2D eigenvalue weighted by Gasteiger charge is 2.36. The van der Waals surface area contributed by atoms with Gasteiger partial charge in [0.1, 0.15) is 0 Å². The molecule has 2 aliphatic rings. The van der Waals surface area contributed by atoms with Crippen LogP contribution in [0.5, 0.6) is 0 Å². The number of nitrogens with one attached hydrogen (secondary N) is 1. The van der Waals surface area contributed by atoms with E-state index >= 15 is 0 Å². The minimum Gasteiger partial charge on any atom is -0.311 e. The van der Waals surface area contributed by atoms with Gasteiger partial charge in [-0.15, -0.1) is 6.42 Å². The normalized spacial score (nSPS) is 29.8. The first kappa shape index (κ1) is 11.5. The number of carbonyl (C=O) groups excluding carboxylic acids is 1. The molecule has 3 rings (SSSR count). The van der Waals surface area contributed by atoms with Gasteiger partial charge in [0.05, 0.1) is 0 Å². The number of Topliss-reactive ketones (excluding diaryl/α,β-unsaturated/α-hetero) is 1. The first-order valence-corrected chi connectivity index (χ1v) is 6.63. The maximum absolute atomic E-state index is 12.5. The minimum atomic E-state index is 0.178. The maximum atomic E-state index is 12.5. The summed E-state index contributed by atoms with van der Waals surface area (Å²) in [5.41, 5.74) is 1.56. The van der Waals surface area contributed by atoms with Gasteiger partial charge in [0.2, 0.25) is 0 Å². The Bertz CT molecular complexity index is 502. The first-order chi connectivity index (χ1) is 8.76. The lowest BCUT2D eigenvalue weighted by Crippen LogP contribution is -2.40. The van der Waals surface area contributed by atoms with Gasteiger partial charge in [0.15, 0.2) is 5.78 Å². The van der Waals surface area contributed by atoms with Crippen LogP contribution in [0.4, 0.5) is 0 Å². The highest BCUT2D eigenvalue weighted by Crippen LogP contribution is 2.32. The quantitative estimate of drug-likeness (QED) is 0.634. The number of benzene rings is 1. The van der Waals surface area contributed by atoms with Crippen molar-refractivity contribution in [2.24, 2.45) is 5.92 Å². The van der Waals surface area contributed by atoms with Gasteiger partial charge in [0, 0.05) is 29.1 Å². The molecule has 2 heterocycles. The molecule has 2 atom stereocenters. The summed E-state index contributed by atoms with van der Waals surface area (Å²) in [5.74, 6) is 3.04. The van der Waals surface area contributed by atoms with E-state index < -0.39 is 0 Å². The van der Waals surface area contributed by atoms with Crippen LogP contribution >= 0.6 is 0 Å². The molecule has 1 aromatic rings. The number of ketones is 1. The average Bonchev–Trinajstić information content (AvgIpc) is 2.76. The molecule has 18 heavy (non-hydrogen) atoms. The summed E-state index contributed by atoms with van der Waals surface area (Å²) in [6.45, 7) is 0. The monoisotopic (exact) mass is 239 g/mol. The van der Waals surface area contributed by atoms with Gasteiger partial charge in [-0.25, -0.2) is 0 Å². The van der Waals surface area contributed by atoms with Gasteiger partial charge < -0.3 is 5.32 Å². The highest BCUT2D eigenvalue weighted by atomic mass is 16.1. The van der Waals surface area contributed by atoms with Crippen LogP contribution in [0.25, 0.3) is 0 Å². The summed E-state index contributed by atoms with van der Waals surface area (Å²) >= 11 is 0. The van der Waals surface area contributed by atoms with E-state index in [0.717, 1.165) is 24.0 Å². The molecular weight excluding hydrogens is 222 g/mol. The maximum Gasteiger partial charge on any atom is 0.166 e. The molecule has 2 bridgehead atoms. The molecule has 0 aliphatic carbocycles. The fourth-order valence-corrected chi connectivity index (χ4v) is 3.27. The van der Waals surface area contributed by atoms with Crippen LogP contribution in [0.15, 0.2) is 24.3 Å². The van der Waals surface area contributed by atoms with E-state index in [4.69, 9.17) is 6.42 Å². The second kappa shape index (κ2) is 4.59. The Morgan fingerprint density at radius 3 is 2.67 bits per heavy atom. The van der Waals surface area contributed by atoms with Crippen molar-refractivity contribution in [3.05, 3.63) is 35.4 Å². The Hall–Kier alpha value is -1.59. The van der Waals surface area contributed by atoms with Crippen LogP contribution < -0.4 is 5.32 Å². The molecule has 1 aromatic carbocycles. The molecule has 2 aliphatic heterocycles. The van der Waals surface area contributed by atoms with E-state index in [-0.39, 0.29) is 11.7 Å². The SMILES string of the molecule is C#Cc1cccc(C(=O)C2CC3CCC(C2)N3)c1. The van der Waals surface area contributed by atoms with Crippen LogP contribution in [-0.2, 0) is 0 Å². The molecule has 0 saturated carbocycles. The summed E-state index contributed by atoms with van der Waals surface area (Å²) in [5, 5.41) is 3.56. The van der Waals surface area contributed by atoms with Gasteiger partial charge in [-0.2, -0.15) is 0 Å². The van der Waals surface area contributed by atoms with E-state index in [1.807, 2.05) is 24.3 Å². The van der Waals surface area contributed by atoms with Gasteiger partial charge in [-0.3, -0.25) is 4.79 Å². The van der Waals surface area contributed by atoms with Crippen molar-refractivity contribution in [1.29, 1.82) is 0 Å². The van der Waals surface area contributed by atoms with Crippen LogP contribution in [0, 0.1) is 18.3 Å². The van der Waals surface area contributed by atoms with E-state index in [1.165, 1.54) is 12.8 Å². The van der Waals surface area contributed by atoms with Crippen molar-refractivity contribution in [2.45, 2.75) is 37.8 Å². The Labute approximate surface area is 108 Å². The third kappa shape index (κ3) is 2.07. The van der Waals surface area contributed by atoms with E-state index in [2.05, 4.69) is 11.2 Å². The fourth-order valence-electron chi connectivity index (χ4n) is 3.27. The lowest BCUT2D eigenvalue weighted by Gasteiger charge is -2.28. The minimum absolute atomic E-state index is 0.178. The molecule has 92 valence electrons. The van der Waals surface area contributed by atoms with Crippen LogP contribution in [0.1, 0.15) is 41.6 Å². The second-order valence-corrected chi connectivity index (χ2v) is 5.40. The summed E-state index contributed by atoms with van der Waals surface area (Å²) in [6.07, 6.45) is 9.79. The highest BCUT2D eigenvalue weighted by molar-refractivity contribution is 5.98. The van der Waals surface area contributed by atoms with Crippen LogP contribution in [0.2, 0.25) is 0 Å². The molecule has 0 amide bonds. The topological polar surface area (TPSA) is 29.1 Å². The van der Waals surface area contributed by atoms with Crippen LogP contribution in [-0.4, -0.2) is 17.9 Å². The van der Waals surface area contributed by atoms with Gasteiger partial charge in [0.25, 0.3) is 0 Å². The Morgan fingerprint density at radius 2 is 2.00 bits per heavy atom. The largest absolute Gasteiger partial charge is 0.311 e. The summed E-state index contributed by atoms with van der Waals surface area (Å²) in [6, 6.07) is 8.56. The zero-order valence-electron chi connectivity index (χ0n) is 10.4. The molecule has 0 radical (unpaired) electrons. The van der Waals surface area contributed by atoms with Gasteiger partial charge in [-0.1, -0.05) is 18.1 Å². The fraction of sp³-hybridized carbons (Fsp3) is 0.438. The molecule has 2 saturated heterocycles. The standard InChI is InChI=1S/C16H17NO/c1-2-11-4-3-5-12(8-11)16(18)13-9-14-6-7-15(10-13)17-14/h1,3-5,8,13-15,17H,6-7,9-10H2. The molecule has 0 aromatic heterocycles. The van der Waals surface area contributed by atoms with Gasteiger partial charge in [-0.05, 0) is 37.8 Å². The molecule has 0 spiro atoms. The lowest BCUT2D eigenvalue weighted by molar-refractivity contribution is 0.0875. The van der Waals surface area contributed by atoms with Crippen LogP contribution in [0.3, 0.4) is 0 Å².